The standard InChI is InChI=1S/C20H22O5S/c1-23-8-9-24-15-25-19(13-20(21)22)12-18-4-2-3-16(11-18)5-6-17-7-10-26-14-17/h2-4,7,10-11,14,19H,8-9,12-13,15H2,1H3,(H,21,22). The Hall–Kier alpha value is -2.17. The quantitative estimate of drug-likeness (QED) is 0.393. The second kappa shape index (κ2) is 11.4. The minimum Gasteiger partial charge on any atom is -0.481 e. The predicted octanol–water partition coefficient (Wildman–Crippen LogP) is 3.17. The molecule has 1 N–H and O–H groups in total. The van der Waals surface area contributed by atoms with Crippen molar-refractivity contribution in [3.05, 3.63) is 57.8 Å². The van der Waals surface area contributed by atoms with Gasteiger partial charge in [0.15, 0.2) is 0 Å². The molecule has 0 fully saturated rings. The molecule has 0 spiro atoms. The van der Waals surface area contributed by atoms with Crippen LogP contribution in [0.25, 0.3) is 0 Å². The van der Waals surface area contributed by atoms with Crippen molar-refractivity contribution < 1.29 is 24.1 Å². The van der Waals surface area contributed by atoms with Gasteiger partial charge in [-0.15, -0.1) is 0 Å². The Morgan fingerprint density at radius 3 is 2.81 bits per heavy atom. The van der Waals surface area contributed by atoms with Crippen molar-refractivity contribution in [3.63, 3.8) is 0 Å². The summed E-state index contributed by atoms with van der Waals surface area (Å²) in [7, 11) is 1.59. The Balaban J connectivity index is 1.95. The molecule has 1 heterocycles. The highest BCUT2D eigenvalue weighted by atomic mass is 32.1. The van der Waals surface area contributed by atoms with Crippen LogP contribution in [0.2, 0.25) is 0 Å². The highest BCUT2D eigenvalue weighted by Gasteiger charge is 2.15. The summed E-state index contributed by atoms with van der Waals surface area (Å²) in [6.45, 7) is 0.917. The van der Waals surface area contributed by atoms with Crippen LogP contribution in [0.5, 0.6) is 0 Å². The van der Waals surface area contributed by atoms with Crippen molar-refractivity contribution in [1.29, 1.82) is 0 Å². The SMILES string of the molecule is COCCOCOC(CC(=O)O)Cc1cccc(C#Cc2ccsc2)c1. The molecule has 0 aliphatic heterocycles. The molecule has 6 heteroatoms. The lowest BCUT2D eigenvalue weighted by molar-refractivity contribution is -0.144. The van der Waals surface area contributed by atoms with E-state index in [0.717, 1.165) is 16.7 Å². The van der Waals surface area contributed by atoms with Crippen molar-refractivity contribution >= 4 is 17.3 Å². The Bertz CT molecular complexity index is 730. The van der Waals surface area contributed by atoms with E-state index in [1.807, 2.05) is 41.1 Å². The molecule has 0 aliphatic carbocycles. The molecular formula is C20H22O5S. The summed E-state index contributed by atoms with van der Waals surface area (Å²) in [4.78, 5) is 11.1. The highest BCUT2D eigenvalue weighted by molar-refractivity contribution is 7.08. The van der Waals surface area contributed by atoms with Gasteiger partial charge in [0.05, 0.1) is 25.7 Å². The van der Waals surface area contributed by atoms with Crippen LogP contribution in [-0.2, 0) is 25.4 Å². The van der Waals surface area contributed by atoms with Gasteiger partial charge in [-0.3, -0.25) is 4.79 Å². The molecule has 138 valence electrons. The zero-order valence-corrected chi connectivity index (χ0v) is 15.5. The van der Waals surface area contributed by atoms with Gasteiger partial charge in [-0.25, -0.2) is 0 Å². The lowest BCUT2D eigenvalue weighted by Crippen LogP contribution is -2.22. The number of thiophene rings is 1. The molecular weight excluding hydrogens is 352 g/mol. The smallest absolute Gasteiger partial charge is 0.305 e. The van der Waals surface area contributed by atoms with Crippen LogP contribution >= 0.6 is 11.3 Å². The fourth-order valence-corrected chi connectivity index (χ4v) is 2.84. The molecule has 1 aromatic heterocycles. The summed E-state index contributed by atoms with van der Waals surface area (Å²) in [5, 5.41) is 13.1. The topological polar surface area (TPSA) is 65.0 Å². The second-order valence-corrected chi connectivity index (χ2v) is 6.35. The van der Waals surface area contributed by atoms with Crippen molar-refractivity contribution in [1.82, 2.24) is 0 Å². The first-order valence-electron chi connectivity index (χ1n) is 8.20. The number of carboxylic acids is 1. The van der Waals surface area contributed by atoms with E-state index in [4.69, 9.17) is 19.3 Å². The van der Waals surface area contributed by atoms with Crippen LogP contribution in [0.15, 0.2) is 41.1 Å². The van der Waals surface area contributed by atoms with E-state index in [1.165, 1.54) is 0 Å². The van der Waals surface area contributed by atoms with Crippen LogP contribution in [0.1, 0.15) is 23.1 Å². The van der Waals surface area contributed by atoms with Crippen LogP contribution in [-0.4, -0.2) is 44.3 Å². The molecule has 2 aromatic rings. The van der Waals surface area contributed by atoms with Gasteiger partial charge in [-0.05, 0) is 35.6 Å². The number of methoxy groups -OCH3 is 1. The first-order valence-corrected chi connectivity index (χ1v) is 9.15. The molecule has 2 rings (SSSR count). The third-order valence-corrected chi connectivity index (χ3v) is 4.17. The molecule has 1 aromatic carbocycles. The fraction of sp³-hybridized carbons (Fsp3) is 0.350. The second-order valence-electron chi connectivity index (χ2n) is 5.57. The molecule has 5 nitrogen and oxygen atoms in total. The molecule has 26 heavy (non-hydrogen) atoms. The van der Waals surface area contributed by atoms with Crippen molar-refractivity contribution in [2.45, 2.75) is 18.9 Å². The summed E-state index contributed by atoms with van der Waals surface area (Å²) < 4.78 is 15.7. The van der Waals surface area contributed by atoms with E-state index < -0.39 is 12.1 Å². The van der Waals surface area contributed by atoms with E-state index in [9.17, 15) is 4.79 Å². The lowest BCUT2D eigenvalue weighted by atomic mass is 10.0. The normalized spacial score (nSPS) is 11.6. The maximum Gasteiger partial charge on any atom is 0.305 e. The van der Waals surface area contributed by atoms with Crippen molar-refractivity contribution in [2.24, 2.45) is 0 Å². The maximum absolute atomic E-state index is 11.1. The van der Waals surface area contributed by atoms with Gasteiger partial charge in [0.1, 0.15) is 6.79 Å². The zero-order valence-electron chi connectivity index (χ0n) is 14.6. The number of benzene rings is 1. The van der Waals surface area contributed by atoms with E-state index in [-0.39, 0.29) is 13.2 Å². The molecule has 0 bridgehead atoms. The third kappa shape index (κ3) is 7.81. The summed E-state index contributed by atoms with van der Waals surface area (Å²) in [5.41, 5.74) is 2.85. The number of carboxylic acid groups (broad SMARTS) is 1. The molecule has 0 radical (unpaired) electrons. The number of aliphatic carboxylic acids is 1. The van der Waals surface area contributed by atoms with Crippen molar-refractivity contribution in [2.75, 3.05) is 27.1 Å². The van der Waals surface area contributed by atoms with Gasteiger partial charge >= 0.3 is 5.97 Å². The largest absolute Gasteiger partial charge is 0.481 e. The Morgan fingerprint density at radius 2 is 2.08 bits per heavy atom. The lowest BCUT2D eigenvalue weighted by Gasteiger charge is -2.16. The number of hydrogen-bond acceptors (Lipinski definition) is 5. The number of rotatable bonds is 10. The van der Waals surface area contributed by atoms with Gasteiger partial charge < -0.3 is 19.3 Å². The Labute approximate surface area is 157 Å². The maximum atomic E-state index is 11.1. The summed E-state index contributed by atoms with van der Waals surface area (Å²) in [6, 6.07) is 9.73. The van der Waals surface area contributed by atoms with Crippen LogP contribution < -0.4 is 0 Å². The summed E-state index contributed by atoms with van der Waals surface area (Å²) >= 11 is 1.61. The molecule has 0 saturated carbocycles. The van der Waals surface area contributed by atoms with E-state index in [0.29, 0.717) is 19.6 Å². The average molecular weight is 374 g/mol. The van der Waals surface area contributed by atoms with Gasteiger partial charge in [0, 0.05) is 23.6 Å². The van der Waals surface area contributed by atoms with Gasteiger partial charge in [-0.1, -0.05) is 24.0 Å². The van der Waals surface area contributed by atoms with Gasteiger partial charge in [-0.2, -0.15) is 11.3 Å². The average Bonchev–Trinajstić information content (AvgIpc) is 3.13. The summed E-state index contributed by atoms with van der Waals surface area (Å²) in [5.74, 6) is 5.34. The molecule has 0 saturated heterocycles. The Morgan fingerprint density at radius 1 is 1.23 bits per heavy atom. The zero-order chi connectivity index (χ0) is 18.6. The first-order chi connectivity index (χ1) is 12.7. The molecule has 1 unspecified atom stereocenters. The minimum atomic E-state index is -0.903. The fourth-order valence-electron chi connectivity index (χ4n) is 2.25. The van der Waals surface area contributed by atoms with E-state index >= 15 is 0 Å². The van der Waals surface area contributed by atoms with E-state index in [2.05, 4.69) is 11.8 Å². The third-order valence-electron chi connectivity index (χ3n) is 3.48. The van der Waals surface area contributed by atoms with Crippen molar-refractivity contribution in [3.8, 4) is 11.8 Å². The first kappa shape index (κ1) is 20.1. The van der Waals surface area contributed by atoms with Gasteiger partial charge in [0.25, 0.3) is 0 Å². The monoisotopic (exact) mass is 374 g/mol. The minimum absolute atomic E-state index is 0.0406. The van der Waals surface area contributed by atoms with E-state index in [1.54, 1.807) is 18.4 Å². The highest BCUT2D eigenvalue weighted by Crippen LogP contribution is 2.12. The summed E-state index contributed by atoms with van der Waals surface area (Å²) in [6.07, 6.45) is -0.0676. The van der Waals surface area contributed by atoms with Crippen LogP contribution in [0.3, 0.4) is 0 Å². The van der Waals surface area contributed by atoms with Crippen LogP contribution in [0.4, 0.5) is 0 Å². The molecule has 1 atom stereocenters. The Kier molecular flexibility index (Phi) is 8.87. The van der Waals surface area contributed by atoms with Crippen LogP contribution in [0, 0.1) is 11.8 Å². The van der Waals surface area contributed by atoms with Gasteiger partial charge in [0.2, 0.25) is 0 Å². The number of carbonyl (C=O) groups is 1. The molecule has 0 amide bonds. The number of ether oxygens (including phenoxy) is 3. The number of hydrogen-bond donors (Lipinski definition) is 1. The molecule has 0 aliphatic rings. The predicted molar refractivity (Wildman–Crippen MR) is 100 cm³/mol.